The Kier molecular flexibility index (Phi) is 5.68. The number of aromatic nitrogens is 3. The van der Waals surface area contributed by atoms with Crippen LogP contribution in [0.1, 0.15) is 121 Å². The van der Waals surface area contributed by atoms with Crippen molar-refractivity contribution in [2.45, 2.75) is 107 Å². The van der Waals surface area contributed by atoms with Gasteiger partial charge < -0.3 is 0 Å². The molecule has 3 atom stereocenters. The molecule has 3 aromatic heterocycles. The van der Waals surface area contributed by atoms with Crippen molar-refractivity contribution in [1.29, 1.82) is 0 Å². The average Bonchev–Trinajstić information content (AvgIpc) is 3.68. The van der Waals surface area contributed by atoms with Crippen molar-refractivity contribution in [3.8, 4) is 0 Å². The number of pyridine rings is 3. The summed E-state index contributed by atoms with van der Waals surface area (Å²) in [6, 6.07) is 5.48. The maximum Gasteiger partial charge on any atom is 0.275 e. The quantitative estimate of drug-likeness (QED) is 0.354. The summed E-state index contributed by atoms with van der Waals surface area (Å²) in [5.41, 5.74) is 7.38. The molecule has 0 bridgehead atoms. The van der Waals surface area contributed by atoms with Crippen molar-refractivity contribution in [3.63, 3.8) is 0 Å². The van der Waals surface area contributed by atoms with Crippen LogP contribution in [0.15, 0.2) is 36.8 Å². The Morgan fingerprint density at radius 3 is 2.29 bits per heavy atom. The number of halogens is 3. The highest BCUT2D eigenvalue weighted by atomic mass is 19.3. The zero-order chi connectivity index (χ0) is 26.1. The van der Waals surface area contributed by atoms with Crippen LogP contribution in [0.2, 0.25) is 0 Å². The molecule has 0 aromatic carbocycles. The van der Waals surface area contributed by atoms with E-state index in [4.69, 9.17) is 4.98 Å². The second kappa shape index (κ2) is 8.89. The van der Waals surface area contributed by atoms with Gasteiger partial charge in [0.2, 0.25) is 0 Å². The van der Waals surface area contributed by atoms with Gasteiger partial charge in [-0.2, -0.15) is 0 Å². The maximum absolute atomic E-state index is 15.6. The van der Waals surface area contributed by atoms with Gasteiger partial charge in [0.1, 0.15) is 5.82 Å². The highest BCUT2D eigenvalue weighted by Gasteiger charge is 2.50. The van der Waals surface area contributed by atoms with E-state index in [-0.39, 0.29) is 35.1 Å². The molecule has 0 aliphatic heterocycles. The third-order valence-corrected chi connectivity index (χ3v) is 9.89. The van der Waals surface area contributed by atoms with Crippen LogP contribution in [0.25, 0.3) is 0 Å². The summed E-state index contributed by atoms with van der Waals surface area (Å²) in [6.45, 7) is 2.27. The van der Waals surface area contributed by atoms with E-state index < -0.39 is 5.92 Å². The lowest BCUT2D eigenvalue weighted by Crippen LogP contribution is -2.29. The van der Waals surface area contributed by atoms with Gasteiger partial charge in [-0.1, -0.05) is 6.92 Å². The van der Waals surface area contributed by atoms with Crippen molar-refractivity contribution < 1.29 is 13.2 Å². The topological polar surface area (TPSA) is 38.7 Å². The van der Waals surface area contributed by atoms with Crippen molar-refractivity contribution in [2.24, 2.45) is 0 Å². The van der Waals surface area contributed by atoms with Crippen LogP contribution in [-0.2, 0) is 30.6 Å². The summed E-state index contributed by atoms with van der Waals surface area (Å²) in [5.74, 6) is -2.79. The van der Waals surface area contributed by atoms with Crippen LogP contribution < -0.4 is 0 Å². The van der Waals surface area contributed by atoms with E-state index in [1.807, 2.05) is 6.20 Å². The predicted octanol–water partition coefficient (Wildman–Crippen LogP) is 7.81. The largest absolute Gasteiger partial charge is 0.275 e. The molecule has 4 aliphatic rings. The number of nitrogens with zero attached hydrogens (tertiary/aromatic N) is 3. The Balaban J connectivity index is 1.24. The molecule has 0 N–H and O–H groups in total. The first-order chi connectivity index (χ1) is 18.3. The van der Waals surface area contributed by atoms with Crippen LogP contribution in [0.4, 0.5) is 13.2 Å². The molecule has 1 fully saturated rings. The standard InChI is InChI=1S/C32H34F3N3/c1-19-5-9-31(11-12-31)26-20(7-13-36-28(19)26)15-24-6-10-32(34,35)27-21(8-14-37-30(24)27)16-22-3-2-4-23-17-25(33)18-38-29(22)23/h7-8,13-14,17-19,22,24H,2-6,9-12,15-16H2,1H3/t19-,22+,24+/m0/s1. The van der Waals surface area contributed by atoms with Crippen molar-refractivity contribution in [2.75, 3.05) is 0 Å². The Morgan fingerprint density at radius 2 is 1.53 bits per heavy atom. The van der Waals surface area contributed by atoms with E-state index in [2.05, 4.69) is 23.0 Å². The number of aryl methyl sites for hydroxylation is 1. The first-order valence-electron chi connectivity index (χ1n) is 14.3. The van der Waals surface area contributed by atoms with Crippen LogP contribution in [-0.4, -0.2) is 15.0 Å². The summed E-state index contributed by atoms with van der Waals surface area (Å²) in [5, 5.41) is 0. The molecule has 0 saturated heterocycles. The van der Waals surface area contributed by atoms with Gasteiger partial charge >= 0.3 is 0 Å². The fraction of sp³-hybridized carbons (Fsp3) is 0.531. The number of hydrogen-bond donors (Lipinski definition) is 0. The monoisotopic (exact) mass is 517 g/mol. The van der Waals surface area contributed by atoms with E-state index >= 15 is 8.78 Å². The third kappa shape index (κ3) is 3.97. The molecule has 1 spiro atoms. The van der Waals surface area contributed by atoms with Crippen LogP contribution in [0.3, 0.4) is 0 Å². The molecule has 6 heteroatoms. The lowest BCUT2D eigenvalue weighted by Gasteiger charge is -2.35. The van der Waals surface area contributed by atoms with Gasteiger partial charge in [0.05, 0.1) is 11.9 Å². The minimum Gasteiger partial charge on any atom is -0.261 e. The smallest absolute Gasteiger partial charge is 0.261 e. The van der Waals surface area contributed by atoms with E-state index in [1.54, 1.807) is 18.3 Å². The van der Waals surface area contributed by atoms with E-state index in [0.717, 1.165) is 36.9 Å². The van der Waals surface area contributed by atoms with Crippen molar-refractivity contribution in [3.05, 3.63) is 87.5 Å². The number of fused-ring (bicyclic) bond motifs is 4. The molecule has 7 rings (SSSR count). The summed E-state index contributed by atoms with van der Waals surface area (Å²) in [6.07, 6.45) is 13.8. The lowest BCUT2D eigenvalue weighted by atomic mass is 9.72. The van der Waals surface area contributed by atoms with Crippen molar-refractivity contribution >= 4 is 0 Å². The van der Waals surface area contributed by atoms with E-state index in [0.29, 0.717) is 30.0 Å². The number of alkyl halides is 2. The number of rotatable bonds is 4. The Hall–Kier alpha value is -2.76. The molecule has 0 radical (unpaired) electrons. The highest BCUT2D eigenvalue weighted by molar-refractivity contribution is 5.47. The van der Waals surface area contributed by atoms with Crippen LogP contribution >= 0.6 is 0 Å². The second-order valence-electron chi connectivity index (χ2n) is 12.3. The number of hydrogen-bond acceptors (Lipinski definition) is 3. The van der Waals surface area contributed by atoms with Crippen molar-refractivity contribution in [1.82, 2.24) is 15.0 Å². The third-order valence-electron chi connectivity index (χ3n) is 9.89. The van der Waals surface area contributed by atoms with Gasteiger partial charge in [-0.25, -0.2) is 13.2 Å². The van der Waals surface area contributed by atoms with E-state index in [9.17, 15) is 4.39 Å². The van der Waals surface area contributed by atoms with Gasteiger partial charge in [-0.15, -0.1) is 0 Å². The summed E-state index contributed by atoms with van der Waals surface area (Å²) in [7, 11) is 0. The predicted molar refractivity (Wildman–Crippen MR) is 140 cm³/mol. The van der Waals surface area contributed by atoms with Gasteiger partial charge in [0.25, 0.3) is 5.92 Å². The summed E-state index contributed by atoms with van der Waals surface area (Å²) >= 11 is 0. The first kappa shape index (κ1) is 24.3. The van der Waals surface area contributed by atoms with Crippen LogP contribution in [0.5, 0.6) is 0 Å². The minimum atomic E-state index is -2.90. The molecule has 1 saturated carbocycles. The zero-order valence-corrected chi connectivity index (χ0v) is 21.9. The zero-order valence-electron chi connectivity index (χ0n) is 21.9. The summed E-state index contributed by atoms with van der Waals surface area (Å²) < 4.78 is 45.0. The lowest BCUT2D eigenvalue weighted by molar-refractivity contribution is -0.0270. The normalized spacial score (nSPS) is 26.4. The Morgan fingerprint density at radius 1 is 0.816 bits per heavy atom. The average molecular weight is 518 g/mol. The fourth-order valence-electron chi connectivity index (χ4n) is 7.78. The molecule has 198 valence electrons. The molecule has 3 aromatic rings. The van der Waals surface area contributed by atoms with Gasteiger partial charge in [0, 0.05) is 47.6 Å². The summed E-state index contributed by atoms with van der Waals surface area (Å²) in [4.78, 5) is 13.8. The van der Waals surface area contributed by atoms with Gasteiger partial charge in [-0.3, -0.25) is 15.0 Å². The SMILES string of the molecule is C[C@H]1CCC2(CC2)c2c(C[C@H]3CCC(F)(F)c4c(C[C@H]5CCCc6cc(F)cnc65)ccnc43)ccnc21. The first-order valence-corrected chi connectivity index (χ1v) is 14.3. The molecule has 38 heavy (non-hydrogen) atoms. The molecule has 3 heterocycles. The Labute approximate surface area is 222 Å². The molecular weight excluding hydrogens is 483 g/mol. The van der Waals surface area contributed by atoms with E-state index in [1.165, 1.54) is 48.7 Å². The second-order valence-corrected chi connectivity index (χ2v) is 12.3. The maximum atomic E-state index is 15.6. The van der Waals surface area contributed by atoms with Crippen LogP contribution in [0, 0.1) is 5.82 Å². The molecule has 0 amide bonds. The van der Waals surface area contributed by atoms with Gasteiger partial charge in [0.15, 0.2) is 0 Å². The molecule has 3 nitrogen and oxygen atoms in total. The molecule has 0 unspecified atom stereocenters. The highest BCUT2D eigenvalue weighted by Crippen LogP contribution is 2.59. The Bertz CT molecular complexity index is 1400. The van der Waals surface area contributed by atoms with Gasteiger partial charge in [-0.05, 0) is 116 Å². The molecular formula is C32H34F3N3. The minimum absolute atomic E-state index is 0.0189. The fourth-order valence-corrected chi connectivity index (χ4v) is 7.78. The molecule has 4 aliphatic carbocycles.